The number of thioether (sulfide) groups is 1. The Bertz CT molecular complexity index is 1090. The Morgan fingerprint density at radius 1 is 0.939 bits per heavy atom. The number of amides is 2. The molecular weight excluding hydrogens is 438 g/mol. The molecule has 2 aromatic carbocycles. The molecule has 7 nitrogen and oxygen atoms in total. The van der Waals surface area contributed by atoms with Gasteiger partial charge in [0.05, 0.1) is 18.4 Å². The van der Waals surface area contributed by atoms with Gasteiger partial charge in [0.2, 0.25) is 0 Å². The zero-order valence-electron chi connectivity index (χ0n) is 19.0. The molecule has 2 aliphatic heterocycles. The van der Waals surface area contributed by atoms with E-state index in [-0.39, 0.29) is 11.8 Å². The van der Waals surface area contributed by atoms with Gasteiger partial charge in [0, 0.05) is 31.1 Å². The minimum Gasteiger partial charge on any atom is -0.465 e. The Morgan fingerprint density at radius 3 is 2.15 bits per heavy atom. The van der Waals surface area contributed by atoms with E-state index >= 15 is 0 Å². The standard InChI is InChI=1S/C25H27N3O4S/c1-4-26-13-15-27(16-14-26)21-22(33-20-11-5-17(2)6-12-20)24(30)28(23(21)29)19-9-7-18(8-10-19)25(31)32-3/h5-12H,4,13-16H2,1-3H3. The fourth-order valence-corrected chi connectivity index (χ4v) is 4.98. The van der Waals surface area contributed by atoms with E-state index in [1.54, 1.807) is 24.3 Å². The summed E-state index contributed by atoms with van der Waals surface area (Å²) in [4.78, 5) is 45.8. The lowest BCUT2D eigenvalue weighted by molar-refractivity contribution is -0.121. The molecule has 0 atom stereocenters. The Morgan fingerprint density at radius 2 is 1.58 bits per heavy atom. The molecule has 2 amide bonds. The number of imide groups is 1. The van der Waals surface area contributed by atoms with Crippen molar-refractivity contribution in [2.24, 2.45) is 0 Å². The van der Waals surface area contributed by atoms with Crippen LogP contribution in [0.1, 0.15) is 22.8 Å². The Balaban J connectivity index is 1.67. The molecule has 2 heterocycles. The number of hydrogen-bond donors (Lipinski definition) is 0. The molecule has 33 heavy (non-hydrogen) atoms. The molecule has 1 saturated heterocycles. The van der Waals surface area contributed by atoms with Crippen LogP contribution in [0.3, 0.4) is 0 Å². The smallest absolute Gasteiger partial charge is 0.337 e. The van der Waals surface area contributed by atoms with Crippen molar-refractivity contribution in [2.75, 3.05) is 44.7 Å². The zero-order chi connectivity index (χ0) is 23.5. The van der Waals surface area contributed by atoms with E-state index in [0.717, 1.165) is 30.1 Å². The second-order valence-electron chi connectivity index (χ2n) is 8.00. The van der Waals surface area contributed by atoms with E-state index in [1.165, 1.54) is 23.8 Å². The van der Waals surface area contributed by atoms with E-state index in [1.807, 2.05) is 36.1 Å². The average Bonchev–Trinajstić information content (AvgIpc) is 3.09. The number of methoxy groups -OCH3 is 1. The number of hydrogen-bond acceptors (Lipinski definition) is 7. The van der Waals surface area contributed by atoms with Crippen LogP contribution >= 0.6 is 11.8 Å². The van der Waals surface area contributed by atoms with Crippen LogP contribution in [0.15, 0.2) is 64.0 Å². The Kier molecular flexibility index (Phi) is 6.85. The maximum atomic E-state index is 13.6. The fraction of sp³-hybridized carbons (Fsp3) is 0.320. The molecule has 1 fully saturated rings. The summed E-state index contributed by atoms with van der Waals surface area (Å²) in [7, 11) is 1.31. The van der Waals surface area contributed by atoms with Crippen molar-refractivity contribution in [3.8, 4) is 0 Å². The van der Waals surface area contributed by atoms with Crippen LogP contribution in [-0.4, -0.2) is 67.4 Å². The molecule has 0 spiro atoms. The molecule has 4 rings (SSSR count). The largest absolute Gasteiger partial charge is 0.465 e. The molecule has 0 N–H and O–H groups in total. The van der Waals surface area contributed by atoms with E-state index in [0.29, 0.717) is 34.9 Å². The number of aryl methyl sites for hydroxylation is 1. The van der Waals surface area contributed by atoms with Crippen LogP contribution < -0.4 is 4.90 Å². The lowest BCUT2D eigenvalue weighted by Gasteiger charge is -2.35. The minimum atomic E-state index is -0.469. The van der Waals surface area contributed by atoms with E-state index < -0.39 is 5.97 Å². The summed E-state index contributed by atoms with van der Waals surface area (Å²) in [5.41, 5.74) is 2.38. The minimum absolute atomic E-state index is 0.328. The first kappa shape index (κ1) is 23.1. The number of rotatable bonds is 6. The van der Waals surface area contributed by atoms with Crippen LogP contribution in [0.25, 0.3) is 0 Å². The third-order valence-electron chi connectivity index (χ3n) is 5.94. The molecule has 0 aliphatic carbocycles. The van der Waals surface area contributed by atoms with Gasteiger partial charge >= 0.3 is 5.97 Å². The van der Waals surface area contributed by atoms with Gasteiger partial charge in [-0.3, -0.25) is 9.59 Å². The molecule has 0 bridgehead atoms. The number of anilines is 1. The summed E-state index contributed by atoms with van der Waals surface area (Å²) < 4.78 is 4.74. The monoisotopic (exact) mass is 465 g/mol. The first-order valence-electron chi connectivity index (χ1n) is 11.0. The van der Waals surface area contributed by atoms with Gasteiger partial charge in [0.15, 0.2) is 0 Å². The second-order valence-corrected chi connectivity index (χ2v) is 9.08. The number of benzene rings is 2. The van der Waals surface area contributed by atoms with Crippen LogP contribution in [0.2, 0.25) is 0 Å². The Labute approximate surface area is 198 Å². The quantitative estimate of drug-likeness (QED) is 0.479. The lowest BCUT2D eigenvalue weighted by Crippen LogP contribution is -2.47. The highest BCUT2D eigenvalue weighted by atomic mass is 32.2. The van der Waals surface area contributed by atoms with Crippen LogP contribution in [0, 0.1) is 6.92 Å². The third-order valence-corrected chi connectivity index (χ3v) is 7.02. The summed E-state index contributed by atoms with van der Waals surface area (Å²) in [5.74, 6) is -1.14. The molecular formula is C25H27N3O4S. The summed E-state index contributed by atoms with van der Waals surface area (Å²) >= 11 is 1.33. The van der Waals surface area contributed by atoms with Gasteiger partial charge in [-0.05, 0) is 49.9 Å². The number of carbonyl (C=O) groups excluding carboxylic acids is 3. The van der Waals surface area contributed by atoms with Gasteiger partial charge in [0.1, 0.15) is 10.6 Å². The lowest BCUT2D eigenvalue weighted by atomic mass is 10.2. The normalized spacial score (nSPS) is 17.2. The molecule has 0 saturated carbocycles. The SMILES string of the molecule is CCN1CCN(C2=C(Sc3ccc(C)cc3)C(=O)N(c3ccc(C(=O)OC)cc3)C2=O)CC1. The van der Waals surface area contributed by atoms with Crippen molar-refractivity contribution in [1.82, 2.24) is 9.80 Å². The Hall–Kier alpha value is -3.10. The van der Waals surface area contributed by atoms with Crippen molar-refractivity contribution in [2.45, 2.75) is 18.7 Å². The molecule has 2 aliphatic rings. The van der Waals surface area contributed by atoms with Crippen molar-refractivity contribution < 1.29 is 19.1 Å². The summed E-state index contributed by atoms with van der Waals surface area (Å²) in [6.07, 6.45) is 0. The van der Waals surface area contributed by atoms with Crippen LogP contribution in [0.5, 0.6) is 0 Å². The van der Waals surface area contributed by atoms with E-state index in [2.05, 4.69) is 11.8 Å². The van der Waals surface area contributed by atoms with Gasteiger partial charge in [-0.1, -0.05) is 36.4 Å². The van der Waals surface area contributed by atoms with Gasteiger partial charge in [-0.15, -0.1) is 0 Å². The highest BCUT2D eigenvalue weighted by molar-refractivity contribution is 8.04. The van der Waals surface area contributed by atoms with Crippen molar-refractivity contribution >= 4 is 35.2 Å². The highest BCUT2D eigenvalue weighted by Crippen LogP contribution is 2.39. The maximum Gasteiger partial charge on any atom is 0.337 e. The fourth-order valence-electron chi connectivity index (χ4n) is 3.98. The molecule has 2 aromatic rings. The van der Waals surface area contributed by atoms with E-state index in [9.17, 15) is 14.4 Å². The second kappa shape index (κ2) is 9.80. The molecule has 0 radical (unpaired) electrons. The topological polar surface area (TPSA) is 70.2 Å². The number of piperazine rings is 1. The predicted molar refractivity (Wildman–Crippen MR) is 128 cm³/mol. The van der Waals surface area contributed by atoms with Crippen molar-refractivity contribution in [3.63, 3.8) is 0 Å². The first-order chi connectivity index (χ1) is 15.9. The summed E-state index contributed by atoms with van der Waals surface area (Å²) in [6.45, 7) is 8.16. The van der Waals surface area contributed by atoms with Gasteiger partial charge < -0.3 is 14.5 Å². The number of nitrogens with zero attached hydrogens (tertiary/aromatic N) is 3. The summed E-state index contributed by atoms with van der Waals surface area (Å²) in [6, 6.07) is 14.2. The van der Waals surface area contributed by atoms with Gasteiger partial charge in [-0.2, -0.15) is 0 Å². The van der Waals surface area contributed by atoms with E-state index in [4.69, 9.17) is 4.74 Å². The summed E-state index contributed by atoms with van der Waals surface area (Å²) in [5, 5.41) is 0. The zero-order valence-corrected chi connectivity index (χ0v) is 19.9. The number of carbonyl (C=O) groups is 3. The maximum absolute atomic E-state index is 13.6. The molecule has 0 aromatic heterocycles. The van der Waals surface area contributed by atoms with Gasteiger partial charge in [-0.25, -0.2) is 9.69 Å². The van der Waals surface area contributed by atoms with Crippen LogP contribution in [-0.2, 0) is 14.3 Å². The van der Waals surface area contributed by atoms with Crippen molar-refractivity contribution in [1.29, 1.82) is 0 Å². The number of esters is 1. The molecule has 8 heteroatoms. The van der Waals surface area contributed by atoms with Gasteiger partial charge in [0.25, 0.3) is 11.8 Å². The molecule has 172 valence electrons. The first-order valence-corrected chi connectivity index (χ1v) is 11.8. The highest BCUT2D eigenvalue weighted by Gasteiger charge is 2.43. The molecule has 0 unspecified atom stereocenters. The predicted octanol–water partition coefficient (Wildman–Crippen LogP) is 3.30. The third kappa shape index (κ3) is 4.67. The number of ether oxygens (including phenoxy) is 1. The number of likely N-dealkylation sites (N-methyl/N-ethyl adjacent to an activating group) is 1. The van der Waals surface area contributed by atoms with Crippen LogP contribution in [0.4, 0.5) is 5.69 Å². The van der Waals surface area contributed by atoms with Crippen molar-refractivity contribution in [3.05, 3.63) is 70.3 Å². The average molecular weight is 466 g/mol.